The van der Waals surface area contributed by atoms with Crippen LogP contribution in [-0.2, 0) is 0 Å². The van der Waals surface area contributed by atoms with Crippen LogP contribution >= 0.6 is 0 Å². The maximum Gasteiger partial charge on any atom is 0.259 e. The molecule has 96 valence electrons. The van der Waals surface area contributed by atoms with Crippen molar-refractivity contribution in [3.63, 3.8) is 0 Å². The first kappa shape index (κ1) is 10.9. The number of aromatic amines is 2. The standard InChI is InChI=1S/C14H6N2O4/c17-11-7-5-3-1-2-4-6(5)8-10(9(7)13(19)15-11)14(20)16-12(8)18/h1-4H,(H,15,17,19)(H,16,18,20). The van der Waals surface area contributed by atoms with E-state index in [0.717, 1.165) is 0 Å². The van der Waals surface area contributed by atoms with Gasteiger partial charge in [-0.15, -0.1) is 0 Å². The molecule has 0 saturated heterocycles. The summed E-state index contributed by atoms with van der Waals surface area (Å²) in [6.07, 6.45) is 0. The molecular formula is C14H6N2O4. The van der Waals surface area contributed by atoms with Gasteiger partial charge in [0.05, 0.1) is 21.5 Å². The SMILES string of the molecule is O=c1[nH]c(=O)c2c1c1ccccc1c1c(=O)[nH]c(=O)c12. The number of rotatable bonds is 0. The molecule has 4 rings (SSSR count). The van der Waals surface area contributed by atoms with E-state index in [1.54, 1.807) is 24.3 Å². The van der Waals surface area contributed by atoms with Crippen LogP contribution in [0.25, 0.3) is 32.3 Å². The molecule has 0 fully saturated rings. The Labute approximate surface area is 109 Å². The van der Waals surface area contributed by atoms with E-state index in [1.165, 1.54) is 0 Å². The number of benzene rings is 2. The van der Waals surface area contributed by atoms with Gasteiger partial charge in [-0.25, -0.2) is 0 Å². The first-order valence-corrected chi connectivity index (χ1v) is 5.89. The van der Waals surface area contributed by atoms with Crippen molar-refractivity contribution in [1.82, 2.24) is 9.97 Å². The molecule has 0 unspecified atom stereocenters. The summed E-state index contributed by atoms with van der Waals surface area (Å²) in [6.45, 7) is 0. The highest BCUT2D eigenvalue weighted by molar-refractivity contribution is 6.24. The number of hydrogen-bond acceptors (Lipinski definition) is 4. The molecule has 0 spiro atoms. The smallest absolute Gasteiger partial charge is 0.259 e. The average Bonchev–Trinajstić information content (AvgIpc) is 2.88. The molecule has 0 aliphatic rings. The summed E-state index contributed by atoms with van der Waals surface area (Å²) in [5, 5.41) is 1.30. The minimum absolute atomic E-state index is 0.00736. The molecule has 2 aromatic heterocycles. The molecule has 0 aliphatic carbocycles. The van der Waals surface area contributed by atoms with Gasteiger partial charge in [0.25, 0.3) is 22.2 Å². The monoisotopic (exact) mass is 266 g/mol. The lowest BCUT2D eigenvalue weighted by Crippen LogP contribution is -2.08. The second-order valence-corrected chi connectivity index (χ2v) is 4.61. The van der Waals surface area contributed by atoms with Crippen molar-refractivity contribution in [2.45, 2.75) is 0 Å². The Morgan fingerprint density at radius 1 is 0.550 bits per heavy atom. The predicted octanol–water partition coefficient (Wildman–Crippen LogP) is 0.119. The van der Waals surface area contributed by atoms with Gasteiger partial charge in [-0.05, 0) is 10.8 Å². The van der Waals surface area contributed by atoms with Crippen LogP contribution in [0.4, 0.5) is 0 Å². The molecule has 4 aromatic rings. The fourth-order valence-electron chi connectivity index (χ4n) is 2.82. The van der Waals surface area contributed by atoms with Gasteiger partial charge < -0.3 is 0 Å². The fraction of sp³-hybridized carbons (Fsp3) is 0. The van der Waals surface area contributed by atoms with Gasteiger partial charge in [-0.3, -0.25) is 29.1 Å². The molecule has 0 saturated carbocycles. The zero-order chi connectivity index (χ0) is 14.0. The Morgan fingerprint density at radius 2 is 0.900 bits per heavy atom. The third kappa shape index (κ3) is 1.08. The normalized spacial score (nSPS) is 11.8. The van der Waals surface area contributed by atoms with E-state index in [0.29, 0.717) is 10.8 Å². The van der Waals surface area contributed by atoms with Crippen LogP contribution in [-0.4, -0.2) is 9.97 Å². The predicted molar refractivity (Wildman–Crippen MR) is 75.1 cm³/mol. The molecule has 6 heteroatoms. The Balaban J connectivity index is 2.68. The van der Waals surface area contributed by atoms with Crippen LogP contribution in [0.15, 0.2) is 43.4 Å². The average molecular weight is 266 g/mol. The summed E-state index contributed by atoms with van der Waals surface area (Å²) in [5.41, 5.74) is -2.37. The minimum atomic E-state index is -0.642. The molecule has 20 heavy (non-hydrogen) atoms. The number of hydrogen-bond donors (Lipinski definition) is 2. The zero-order valence-corrected chi connectivity index (χ0v) is 9.94. The van der Waals surface area contributed by atoms with E-state index >= 15 is 0 Å². The second kappa shape index (κ2) is 3.30. The summed E-state index contributed by atoms with van der Waals surface area (Å²) in [7, 11) is 0. The summed E-state index contributed by atoms with van der Waals surface area (Å²) < 4.78 is 0. The molecule has 0 aliphatic heterocycles. The Morgan fingerprint density at radius 3 is 1.30 bits per heavy atom. The van der Waals surface area contributed by atoms with Gasteiger partial charge in [-0.1, -0.05) is 24.3 Å². The van der Waals surface area contributed by atoms with Crippen molar-refractivity contribution in [2.24, 2.45) is 0 Å². The van der Waals surface area contributed by atoms with Gasteiger partial charge in [-0.2, -0.15) is 0 Å². The van der Waals surface area contributed by atoms with Crippen molar-refractivity contribution in [2.75, 3.05) is 0 Å². The van der Waals surface area contributed by atoms with E-state index in [9.17, 15) is 19.2 Å². The lowest BCUT2D eigenvalue weighted by atomic mass is 9.99. The van der Waals surface area contributed by atoms with Crippen molar-refractivity contribution in [1.29, 1.82) is 0 Å². The Hall–Kier alpha value is -3.02. The van der Waals surface area contributed by atoms with E-state index in [2.05, 4.69) is 9.97 Å². The lowest BCUT2D eigenvalue weighted by Gasteiger charge is -1.99. The molecular weight excluding hydrogens is 260 g/mol. The van der Waals surface area contributed by atoms with Crippen molar-refractivity contribution < 1.29 is 0 Å². The summed E-state index contributed by atoms with van der Waals surface area (Å²) in [4.78, 5) is 52.0. The third-order valence-corrected chi connectivity index (χ3v) is 3.58. The summed E-state index contributed by atoms with van der Waals surface area (Å²) in [5.74, 6) is 0. The highest BCUT2D eigenvalue weighted by Crippen LogP contribution is 2.27. The van der Waals surface area contributed by atoms with Crippen molar-refractivity contribution in [3.05, 3.63) is 65.7 Å². The molecule has 0 amide bonds. The molecule has 2 heterocycles. The Kier molecular flexibility index (Phi) is 1.79. The maximum atomic E-state index is 11.9. The lowest BCUT2D eigenvalue weighted by molar-refractivity contribution is 1.26. The van der Waals surface area contributed by atoms with Crippen LogP contribution in [0.2, 0.25) is 0 Å². The first-order valence-electron chi connectivity index (χ1n) is 5.89. The number of fused-ring (bicyclic) bond motifs is 6. The van der Waals surface area contributed by atoms with Crippen LogP contribution in [0.5, 0.6) is 0 Å². The van der Waals surface area contributed by atoms with Gasteiger partial charge in [0.2, 0.25) is 0 Å². The largest absolute Gasteiger partial charge is 0.288 e. The van der Waals surface area contributed by atoms with E-state index in [1.807, 2.05) is 0 Å². The summed E-state index contributed by atoms with van der Waals surface area (Å²) >= 11 is 0. The number of nitrogens with one attached hydrogen (secondary N) is 2. The molecule has 2 aromatic carbocycles. The molecule has 6 nitrogen and oxygen atoms in total. The Bertz CT molecular complexity index is 1120. The quantitative estimate of drug-likeness (QED) is 0.472. The van der Waals surface area contributed by atoms with E-state index in [-0.39, 0.29) is 21.5 Å². The van der Waals surface area contributed by atoms with E-state index in [4.69, 9.17) is 0 Å². The van der Waals surface area contributed by atoms with Crippen molar-refractivity contribution >= 4 is 32.3 Å². The molecule has 0 bridgehead atoms. The number of aromatic nitrogens is 2. The highest BCUT2D eigenvalue weighted by Gasteiger charge is 2.20. The van der Waals surface area contributed by atoms with Crippen LogP contribution in [0.3, 0.4) is 0 Å². The van der Waals surface area contributed by atoms with Gasteiger partial charge in [0.1, 0.15) is 0 Å². The second-order valence-electron chi connectivity index (χ2n) is 4.61. The van der Waals surface area contributed by atoms with E-state index < -0.39 is 22.2 Å². The highest BCUT2D eigenvalue weighted by atomic mass is 16.2. The first-order chi connectivity index (χ1) is 9.59. The number of H-pyrrole nitrogens is 2. The van der Waals surface area contributed by atoms with Crippen LogP contribution in [0, 0.1) is 0 Å². The van der Waals surface area contributed by atoms with Gasteiger partial charge in [0, 0.05) is 0 Å². The zero-order valence-electron chi connectivity index (χ0n) is 9.94. The maximum absolute atomic E-state index is 11.9. The van der Waals surface area contributed by atoms with Crippen molar-refractivity contribution in [3.8, 4) is 0 Å². The minimum Gasteiger partial charge on any atom is -0.288 e. The van der Waals surface area contributed by atoms with Gasteiger partial charge >= 0.3 is 0 Å². The topological polar surface area (TPSA) is 99.9 Å². The summed E-state index contributed by atoms with van der Waals surface area (Å²) in [6, 6.07) is 6.73. The van der Waals surface area contributed by atoms with Gasteiger partial charge in [0.15, 0.2) is 0 Å². The third-order valence-electron chi connectivity index (χ3n) is 3.58. The van der Waals surface area contributed by atoms with Crippen LogP contribution < -0.4 is 22.2 Å². The fourth-order valence-corrected chi connectivity index (χ4v) is 2.82. The molecule has 0 radical (unpaired) electrons. The van der Waals surface area contributed by atoms with Crippen LogP contribution in [0.1, 0.15) is 0 Å². The molecule has 0 atom stereocenters. The molecule has 2 N–H and O–H groups in total.